The van der Waals surface area contributed by atoms with Crippen LogP contribution in [-0.4, -0.2) is 24.8 Å². The van der Waals surface area contributed by atoms with Gasteiger partial charge in [0.2, 0.25) is 0 Å². The van der Waals surface area contributed by atoms with E-state index in [-0.39, 0.29) is 12.2 Å². The zero-order valence-electron chi connectivity index (χ0n) is 7.93. The van der Waals surface area contributed by atoms with E-state index in [9.17, 15) is 8.78 Å². The second-order valence-corrected chi connectivity index (χ2v) is 3.02. The highest BCUT2D eigenvalue weighted by molar-refractivity contribution is 5.03. The predicted molar refractivity (Wildman–Crippen MR) is 46.1 cm³/mol. The van der Waals surface area contributed by atoms with E-state index in [4.69, 9.17) is 0 Å². The number of aromatic nitrogens is 5. The predicted octanol–water partition coefficient (Wildman–Crippen LogP) is 0.798. The lowest BCUT2D eigenvalue weighted by molar-refractivity contribution is 0.139. The zero-order valence-corrected chi connectivity index (χ0v) is 7.93. The first kappa shape index (κ1) is 9.75. The van der Waals surface area contributed by atoms with Gasteiger partial charge in [0.25, 0.3) is 6.43 Å². The van der Waals surface area contributed by atoms with Crippen LogP contribution in [0.25, 0.3) is 0 Å². The van der Waals surface area contributed by atoms with Crippen LogP contribution in [0.4, 0.5) is 8.78 Å². The lowest BCUT2D eigenvalue weighted by Gasteiger charge is -2.03. The van der Waals surface area contributed by atoms with Crippen LogP contribution < -0.4 is 0 Å². The van der Waals surface area contributed by atoms with E-state index in [2.05, 4.69) is 21.5 Å². The summed E-state index contributed by atoms with van der Waals surface area (Å²) in [4.78, 5) is 0. The number of nitrogens with zero attached hydrogens (tertiary/aromatic N) is 5. The molecule has 0 saturated carbocycles. The van der Waals surface area contributed by atoms with Gasteiger partial charge in [-0.1, -0.05) is 5.21 Å². The average molecular weight is 212 g/mol. The van der Waals surface area contributed by atoms with Crippen molar-refractivity contribution in [3.63, 3.8) is 0 Å². The highest BCUT2D eigenvalue weighted by atomic mass is 19.3. The van der Waals surface area contributed by atoms with E-state index >= 15 is 0 Å². The molecule has 0 atom stereocenters. The number of halogens is 2. The minimum Gasteiger partial charge on any atom is -0.257 e. The third-order valence-electron chi connectivity index (χ3n) is 1.86. The lowest BCUT2D eigenvalue weighted by atomic mass is 10.4. The van der Waals surface area contributed by atoms with Crippen molar-refractivity contribution < 1.29 is 8.78 Å². The monoisotopic (exact) mass is 212 g/mol. The number of alkyl halides is 2. The van der Waals surface area contributed by atoms with Crippen LogP contribution in [0.3, 0.4) is 0 Å². The molecule has 0 aliphatic heterocycles. The van der Waals surface area contributed by atoms with Crippen molar-refractivity contribution in [2.24, 2.45) is 7.05 Å². The summed E-state index contributed by atoms with van der Waals surface area (Å²) in [6.45, 7) is 0.178. The van der Waals surface area contributed by atoms with Crippen LogP contribution >= 0.6 is 0 Å². The second-order valence-electron chi connectivity index (χ2n) is 3.02. The highest BCUT2D eigenvalue weighted by Gasteiger charge is 2.14. The fourth-order valence-electron chi connectivity index (χ4n) is 1.22. The molecule has 1 radical (unpaired) electrons. The standard InChI is InChI=1S/C8H8F2N5/c1-14-4-6(12-13-14)5-15-7(8(9)10)2-3-11-15/h3-4,8H,5H2,1H3. The van der Waals surface area contributed by atoms with Gasteiger partial charge in [-0.3, -0.25) is 9.36 Å². The van der Waals surface area contributed by atoms with Crippen molar-refractivity contribution in [3.05, 3.63) is 29.8 Å². The number of rotatable bonds is 3. The summed E-state index contributed by atoms with van der Waals surface area (Å²) >= 11 is 0. The summed E-state index contributed by atoms with van der Waals surface area (Å²) in [5.74, 6) is 0. The third-order valence-corrected chi connectivity index (χ3v) is 1.86. The van der Waals surface area contributed by atoms with Crippen LogP contribution in [0.2, 0.25) is 0 Å². The summed E-state index contributed by atoms with van der Waals surface area (Å²) in [6, 6.07) is 2.38. The molecule has 0 fully saturated rings. The van der Waals surface area contributed by atoms with Gasteiger partial charge >= 0.3 is 0 Å². The maximum Gasteiger partial charge on any atom is 0.280 e. The molecule has 0 unspecified atom stereocenters. The van der Waals surface area contributed by atoms with Crippen LogP contribution in [-0.2, 0) is 13.6 Å². The summed E-state index contributed by atoms with van der Waals surface area (Å²) in [5, 5.41) is 11.2. The second kappa shape index (κ2) is 3.76. The largest absolute Gasteiger partial charge is 0.280 e. The van der Waals surface area contributed by atoms with Gasteiger partial charge < -0.3 is 0 Å². The molecule has 0 spiro atoms. The molecular weight excluding hydrogens is 204 g/mol. The van der Waals surface area contributed by atoms with Crippen molar-refractivity contribution in [1.82, 2.24) is 24.8 Å². The minimum atomic E-state index is -2.58. The van der Waals surface area contributed by atoms with Crippen LogP contribution in [0, 0.1) is 6.07 Å². The molecule has 0 aliphatic rings. The molecule has 7 heteroatoms. The van der Waals surface area contributed by atoms with Crippen LogP contribution in [0.1, 0.15) is 17.8 Å². The van der Waals surface area contributed by atoms with Gasteiger partial charge in [0, 0.05) is 19.3 Å². The Morgan fingerprint density at radius 2 is 2.33 bits per heavy atom. The van der Waals surface area contributed by atoms with E-state index < -0.39 is 6.43 Å². The summed E-state index contributed by atoms with van der Waals surface area (Å²) in [7, 11) is 1.71. The molecular formula is C8H8F2N5. The van der Waals surface area contributed by atoms with E-state index in [1.54, 1.807) is 13.2 Å². The number of aryl methyl sites for hydroxylation is 1. The molecule has 0 bridgehead atoms. The van der Waals surface area contributed by atoms with Gasteiger partial charge in [0.1, 0.15) is 11.4 Å². The quantitative estimate of drug-likeness (QED) is 0.756. The molecule has 0 amide bonds. The highest BCUT2D eigenvalue weighted by Crippen LogP contribution is 2.17. The first-order valence-corrected chi connectivity index (χ1v) is 4.23. The average Bonchev–Trinajstić information content (AvgIpc) is 2.75. The maximum atomic E-state index is 12.4. The molecule has 2 heterocycles. The zero-order chi connectivity index (χ0) is 10.8. The van der Waals surface area contributed by atoms with Crippen LogP contribution in [0.15, 0.2) is 12.4 Å². The Labute approximate surface area is 84.3 Å². The van der Waals surface area contributed by atoms with Gasteiger partial charge in [-0.2, -0.15) is 5.10 Å². The Hall–Kier alpha value is -1.79. The van der Waals surface area contributed by atoms with E-state index in [0.29, 0.717) is 5.69 Å². The van der Waals surface area contributed by atoms with Gasteiger partial charge in [0.05, 0.1) is 12.7 Å². The molecule has 5 nitrogen and oxygen atoms in total. The summed E-state index contributed by atoms with van der Waals surface area (Å²) in [6.07, 6.45) is 0.290. The Balaban J connectivity index is 2.20. The SMILES string of the molecule is Cn1cc(Cn2nc[c]c2C(F)F)nn1. The fourth-order valence-corrected chi connectivity index (χ4v) is 1.22. The van der Waals surface area contributed by atoms with Gasteiger partial charge in [0.15, 0.2) is 0 Å². The van der Waals surface area contributed by atoms with Crippen LogP contribution in [0.5, 0.6) is 0 Å². The molecule has 15 heavy (non-hydrogen) atoms. The molecule has 0 N–H and O–H groups in total. The van der Waals surface area contributed by atoms with E-state index in [0.717, 1.165) is 4.68 Å². The van der Waals surface area contributed by atoms with Gasteiger partial charge in [-0.05, 0) is 0 Å². The third kappa shape index (κ3) is 2.00. The molecule has 0 aromatic carbocycles. The number of hydrogen-bond acceptors (Lipinski definition) is 3. The maximum absolute atomic E-state index is 12.4. The Kier molecular flexibility index (Phi) is 2.44. The van der Waals surface area contributed by atoms with E-state index in [1.807, 2.05) is 0 Å². The smallest absolute Gasteiger partial charge is 0.257 e. The molecule has 79 valence electrons. The van der Waals surface area contributed by atoms with E-state index in [1.165, 1.54) is 10.9 Å². The van der Waals surface area contributed by atoms with Crippen molar-refractivity contribution in [3.8, 4) is 0 Å². The Morgan fingerprint density at radius 1 is 1.53 bits per heavy atom. The normalized spacial score (nSPS) is 11.2. The molecule has 0 saturated heterocycles. The van der Waals surface area contributed by atoms with Crippen molar-refractivity contribution in [2.45, 2.75) is 13.0 Å². The molecule has 2 rings (SSSR count). The topological polar surface area (TPSA) is 48.5 Å². The minimum absolute atomic E-state index is 0.178. The van der Waals surface area contributed by atoms with Crippen molar-refractivity contribution >= 4 is 0 Å². The van der Waals surface area contributed by atoms with Crippen molar-refractivity contribution in [2.75, 3.05) is 0 Å². The Morgan fingerprint density at radius 3 is 2.93 bits per heavy atom. The van der Waals surface area contributed by atoms with Gasteiger partial charge in [-0.25, -0.2) is 8.78 Å². The fraction of sp³-hybridized carbons (Fsp3) is 0.375. The molecule has 0 aliphatic carbocycles. The van der Waals surface area contributed by atoms with Crippen molar-refractivity contribution in [1.29, 1.82) is 0 Å². The molecule has 2 aromatic rings. The lowest BCUT2D eigenvalue weighted by Crippen LogP contribution is -2.06. The summed E-state index contributed by atoms with van der Waals surface area (Å²) in [5.41, 5.74) is 0.345. The Bertz CT molecular complexity index is 447. The first-order valence-electron chi connectivity index (χ1n) is 4.23. The first-order chi connectivity index (χ1) is 7.16. The van der Waals surface area contributed by atoms with Gasteiger partial charge in [-0.15, -0.1) is 5.10 Å². The molecule has 2 aromatic heterocycles. The summed E-state index contributed by atoms with van der Waals surface area (Å²) < 4.78 is 27.5. The number of hydrogen-bond donors (Lipinski definition) is 0.